The van der Waals surface area contributed by atoms with Crippen molar-refractivity contribution in [2.45, 2.75) is 20.4 Å². The molecule has 0 fully saturated rings. The number of rotatable bonds is 5. The molecule has 5 heteroatoms. The number of benzene rings is 1. The quantitative estimate of drug-likeness (QED) is 0.750. The number of hydrogen-bond acceptors (Lipinski definition) is 5. The largest absolute Gasteiger partial charge is 0.366 e. The summed E-state index contributed by atoms with van der Waals surface area (Å²) in [7, 11) is 0. The highest BCUT2D eigenvalue weighted by Crippen LogP contribution is 2.21. The Morgan fingerprint density at radius 1 is 0.913 bits per heavy atom. The summed E-state index contributed by atoms with van der Waals surface area (Å²) in [4.78, 5) is 12.5. The lowest BCUT2D eigenvalue weighted by molar-refractivity contribution is 1.07. The fraction of sp³-hybridized carbons (Fsp3) is 0.167. The van der Waals surface area contributed by atoms with Crippen molar-refractivity contribution in [3.8, 4) is 0 Å². The second kappa shape index (κ2) is 6.87. The number of nitrogens with one attached hydrogen (secondary N) is 2. The molecule has 2 N–H and O–H groups in total. The predicted molar refractivity (Wildman–Crippen MR) is 92.8 cm³/mol. The molecule has 0 unspecified atom stereocenters. The highest BCUT2D eigenvalue weighted by molar-refractivity contribution is 5.62. The minimum atomic E-state index is 0.697. The molecule has 0 atom stereocenters. The first kappa shape index (κ1) is 15.0. The van der Waals surface area contributed by atoms with Gasteiger partial charge < -0.3 is 10.6 Å². The fourth-order valence-corrected chi connectivity index (χ4v) is 2.31. The zero-order valence-corrected chi connectivity index (χ0v) is 13.2. The van der Waals surface area contributed by atoms with Gasteiger partial charge in [-0.3, -0.25) is 4.98 Å². The summed E-state index contributed by atoms with van der Waals surface area (Å²) in [6.07, 6.45) is 5.12. The summed E-state index contributed by atoms with van der Waals surface area (Å²) in [5.74, 6) is 1.55. The van der Waals surface area contributed by atoms with Gasteiger partial charge in [0.2, 0.25) is 0 Å². The minimum absolute atomic E-state index is 0.697. The molecule has 0 saturated heterocycles. The number of aromatic nitrogens is 3. The second-order valence-corrected chi connectivity index (χ2v) is 5.44. The fourth-order valence-electron chi connectivity index (χ4n) is 2.31. The van der Waals surface area contributed by atoms with Crippen molar-refractivity contribution in [2.75, 3.05) is 10.6 Å². The van der Waals surface area contributed by atoms with E-state index in [2.05, 4.69) is 57.6 Å². The van der Waals surface area contributed by atoms with E-state index in [9.17, 15) is 0 Å². The molecular weight excluding hydrogens is 286 g/mol. The smallest absolute Gasteiger partial charge is 0.135 e. The third-order valence-corrected chi connectivity index (χ3v) is 3.53. The van der Waals surface area contributed by atoms with Gasteiger partial charge in [0.1, 0.15) is 18.0 Å². The highest BCUT2D eigenvalue weighted by atomic mass is 15.1. The number of hydrogen-bond donors (Lipinski definition) is 2. The maximum atomic E-state index is 4.28. The van der Waals surface area contributed by atoms with Crippen LogP contribution in [0.1, 0.15) is 16.7 Å². The molecule has 5 nitrogen and oxygen atoms in total. The van der Waals surface area contributed by atoms with Crippen LogP contribution in [0.4, 0.5) is 17.3 Å². The van der Waals surface area contributed by atoms with E-state index in [1.54, 1.807) is 18.7 Å². The van der Waals surface area contributed by atoms with Gasteiger partial charge in [-0.25, -0.2) is 9.97 Å². The number of nitrogens with zero attached hydrogens (tertiary/aromatic N) is 3. The molecule has 0 aliphatic carbocycles. The molecule has 2 heterocycles. The lowest BCUT2D eigenvalue weighted by Gasteiger charge is -2.11. The molecule has 2 aromatic heterocycles. The van der Waals surface area contributed by atoms with E-state index in [-0.39, 0.29) is 0 Å². The van der Waals surface area contributed by atoms with Crippen LogP contribution in [-0.2, 0) is 6.54 Å². The molecule has 0 aliphatic rings. The summed E-state index contributed by atoms with van der Waals surface area (Å²) in [6.45, 7) is 4.87. The van der Waals surface area contributed by atoms with E-state index in [0.717, 1.165) is 22.9 Å². The molecule has 0 amide bonds. The van der Waals surface area contributed by atoms with Gasteiger partial charge in [0, 0.05) is 30.7 Å². The average Bonchev–Trinajstić information content (AvgIpc) is 2.57. The third kappa shape index (κ3) is 4.03. The lowest BCUT2D eigenvalue weighted by atomic mass is 10.1. The Hall–Kier alpha value is -2.95. The van der Waals surface area contributed by atoms with E-state index in [1.807, 2.05) is 18.2 Å². The molecule has 3 aromatic rings. The zero-order chi connectivity index (χ0) is 16.1. The van der Waals surface area contributed by atoms with Crippen molar-refractivity contribution in [3.05, 3.63) is 71.8 Å². The first-order chi connectivity index (χ1) is 11.2. The number of pyridine rings is 1. The summed E-state index contributed by atoms with van der Waals surface area (Å²) in [5, 5.41) is 6.63. The standard InChI is InChI=1S/C18H19N5/c1-13-3-4-16(14(2)9-13)23-18-10-17(21-12-22-18)20-11-15-5-7-19-8-6-15/h3-10,12H,11H2,1-2H3,(H2,20,21,22,23). The molecule has 0 saturated carbocycles. The van der Waals surface area contributed by atoms with Crippen LogP contribution in [0.25, 0.3) is 0 Å². The van der Waals surface area contributed by atoms with E-state index in [0.29, 0.717) is 6.54 Å². The van der Waals surface area contributed by atoms with Crippen LogP contribution in [0.2, 0.25) is 0 Å². The maximum Gasteiger partial charge on any atom is 0.135 e. The Kier molecular flexibility index (Phi) is 4.47. The van der Waals surface area contributed by atoms with E-state index in [4.69, 9.17) is 0 Å². The summed E-state index contributed by atoms with van der Waals surface area (Å²) < 4.78 is 0. The minimum Gasteiger partial charge on any atom is -0.366 e. The van der Waals surface area contributed by atoms with E-state index < -0.39 is 0 Å². The second-order valence-electron chi connectivity index (χ2n) is 5.44. The molecule has 23 heavy (non-hydrogen) atoms. The first-order valence-corrected chi connectivity index (χ1v) is 7.50. The van der Waals surface area contributed by atoms with E-state index >= 15 is 0 Å². The van der Waals surface area contributed by atoms with Gasteiger partial charge in [-0.2, -0.15) is 0 Å². The van der Waals surface area contributed by atoms with Crippen LogP contribution in [0, 0.1) is 13.8 Å². The van der Waals surface area contributed by atoms with Crippen molar-refractivity contribution < 1.29 is 0 Å². The van der Waals surface area contributed by atoms with Gasteiger partial charge in [-0.15, -0.1) is 0 Å². The van der Waals surface area contributed by atoms with Crippen molar-refractivity contribution in [1.82, 2.24) is 15.0 Å². The van der Waals surface area contributed by atoms with Gasteiger partial charge in [-0.05, 0) is 43.2 Å². The van der Waals surface area contributed by atoms with Crippen LogP contribution >= 0.6 is 0 Å². The zero-order valence-electron chi connectivity index (χ0n) is 13.2. The molecule has 0 aliphatic heterocycles. The normalized spacial score (nSPS) is 10.3. The number of anilines is 3. The highest BCUT2D eigenvalue weighted by Gasteiger charge is 2.02. The topological polar surface area (TPSA) is 62.7 Å². The Bertz CT molecular complexity index is 786. The third-order valence-electron chi connectivity index (χ3n) is 3.53. The SMILES string of the molecule is Cc1ccc(Nc2cc(NCc3ccncc3)ncn2)c(C)c1. The van der Waals surface area contributed by atoms with Crippen LogP contribution < -0.4 is 10.6 Å². The van der Waals surface area contributed by atoms with Crippen molar-refractivity contribution in [1.29, 1.82) is 0 Å². The lowest BCUT2D eigenvalue weighted by Crippen LogP contribution is -2.03. The van der Waals surface area contributed by atoms with Gasteiger partial charge in [0.15, 0.2) is 0 Å². The molecule has 3 rings (SSSR count). The molecule has 116 valence electrons. The van der Waals surface area contributed by atoms with Gasteiger partial charge in [0.25, 0.3) is 0 Å². The molecule has 1 aromatic carbocycles. The summed E-state index contributed by atoms with van der Waals surface area (Å²) >= 11 is 0. The summed E-state index contributed by atoms with van der Waals surface area (Å²) in [5.41, 5.74) is 4.64. The van der Waals surface area contributed by atoms with E-state index in [1.165, 1.54) is 11.1 Å². The van der Waals surface area contributed by atoms with Crippen LogP contribution in [-0.4, -0.2) is 15.0 Å². The van der Waals surface area contributed by atoms with Crippen molar-refractivity contribution in [3.63, 3.8) is 0 Å². The van der Waals surface area contributed by atoms with Crippen LogP contribution in [0.15, 0.2) is 55.1 Å². The average molecular weight is 305 g/mol. The monoisotopic (exact) mass is 305 g/mol. The van der Waals surface area contributed by atoms with Crippen molar-refractivity contribution >= 4 is 17.3 Å². The van der Waals surface area contributed by atoms with Crippen LogP contribution in [0.3, 0.4) is 0 Å². The van der Waals surface area contributed by atoms with Gasteiger partial charge >= 0.3 is 0 Å². The van der Waals surface area contributed by atoms with Gasteiger partial charge in [0.05, 0.1) is 0 Å². The Morgan fingerprint density at radius 2 is 1.70 bits per heavy atom. The number of aryl methyl sites for hydroxylation is 2. The first-order valence-electron chi connectivity index (χ1n) is 7.50. The molecule has 0 spiro atoms. The van der Waals surface area contributed by atoms with Crippen molar-refractivity contribution in [2.24, 2.45) is 0 Å². The molecule has 0 radical (unpaired) electrons. The van der Waals surface area contributed by atoms with Crippen LogP contribution in [0.5, 0.6) is 0 Å². The molecular formula is C18H19N5. The summed E-state index contributed by atoms with van der Waals surface area (Å²) in [6, 6.07) is 12.1. The maximum absolute atomic E-state index is 4.28. The Balaban J connectivity index is 1.69. The Labute approximate surface area is 135 Å². The Morgan fingerprint density at radius 3 is 2.48 bits per heavy atom. The van der Waals surface area contributed by atoms with Gasteiger partial charge in [-0.1, -0.05) is 17.7 Å². The predicted octanol–water partition coefficient (Wildman–Crippen LogP) is 3.84. The molecule has 0 bridgehead atoms.